The van der Waals surface area contributed by atoms with Crippen molar-refractivity contribution in [2.45, 2.75) is 51.6 Å². The lowest BCUT2D eigenvalue weighted by Crippen LogP contribution is -2.45. The molecule has 1 unspecified atom stereocenters. The van der Waals surface area contributed by atoms with Crippen LogP contribution < -0.4 is 4.74 Å². The zero-order valence-electron chi connectivity index (χ0n) is 13.1. The summed E-state index contributed by atoms with van der Waals surface area (Å²) < 4.78 is 7.13. The van der Waals surface area contributed by atoms with Gasteiger partial charge in [-0.3, -0.25) is 4.90 Å². The molecule has 3 heterocycles. The molecule has 0 radical (unpaired) electrons. The molecule has 21 heavy (non-hydrogen) atoms. The van der Waals surface area contributed by atoms with Crippen molar-refractivity contribution in [1.82, 2.24) is 19.5 Å². The van der Waals surface area contributed by atoms with Crippen LogP contribution in [0.3, 0.4) is 0 Å². The fourth-order valence-corrected chi connectivity index (χ4v) is 3.30. The number of hydrogen-bond acceptors (Lipinski definition) is 4. The van der Waals surface area contributed by atoms with E-state index in [9.17, 15) is 0 Å². The van der Waals surface area contributed by atoms with Crippen molar-refractivity contribution in [1.29, 1.82) is 0 Å². The molecule has 1 aliphatic heterocycles. The Morgan fingerprint density at radius 3 is 2.95 bits per heavy atom. The molecule has 2 aromatic heterocycles. The number of piperidine rings is 1. The third kappa shape index (κ3) is 2.88. The maximum atomic E-state index is 5.34. The molecule has 1 atom stereocenters. The summed E-state index contributed by atoms with van der Waals surface area (Å²) in [4.78, 5) is 7.24. The minimum atomic E-state index is 0.558. The summed E-state index contributed by atoms with van der Waals surface area (Å²) in [6.45, 7) is 5.75. The second-order valence-electron chi connectivity index (χ2n) is 6.05. The second kappa shape index (κ2) is 6.02. The lowest BCUT2D eigenvalue weighted by Gasteiger charge is -2.38. The number of methoxy groups -OCH3 is 1. The Bertz CT molecular complexity index is 607. The van der Waals surface area contributed by atoms with Gasteiger partial charge in [0.2, 0.25) is 5.88 Å². The quantitative estimate of drug-likeness (QED) is 0.867. The van der Waals surface area contributed by atoms with Crippen LogP contribution in [0.1, 0.15) is 38.9 Å². The highest BCUT2D eigenvalue weighted by atomic mass is 16.5. The SMILES string of the molecule is COc1cccc2nc(CC3CCCCN3C(C)C)nn12. The molecule has 0 amide bonds. The lowest BCUT2D eigenvalue weighted by atomic mass is 9.97. The molecule has 1 fully saturated rings. The highest BCUT2D eigenvalue weighted by Crippen LogP contribution is 2.22. The summed E-state index contributed by atoms with van der Waals surface area (Å²) in [5.74, 6) is 1.65. The van der Waals surface area contributed by atoms with Gasteiger partial charge in [0.1, 0.15) is 0 Å². The van der Waals surface area contributed by atoms with Crippen LogP contribution in [0.4, 0.5) is 0 Å². The van der Waals surface area contributed by atoms with Crippen LogP contribution in [-0.4, -0.2) is 45.2 Å². The van der Waals surface area contributed by atoms with Gasteiger partial charge >= 0.3 is 0 Å². The van der Waals surface area contributed by atoms with Crippen molar-refractivity contribution >= 4 is 5.65 Å². The van der Waals surface area contributed by atoms with Crippen LogP contribution in [-0.2, 0) is 6.42 Å². The minimum absolute atomic E-state index is 0.558. The van der Waals surface area contributed by atoms with Gasteiger partial charge in [-0.25, -0.2) is 4.98 Å². The average molecular weight is 288 g/mol. The number of nitrogens with zero attached hydrogens (tertiary/aromatic N) is 4. The van der Waals surface area contributed by atoms with E-state index in [1.54, 1.807) is 11.6 Å². The van der Waals surface area contributed by atoms with Crippen molar-refractivity contribution in [2.75, 3.05) is 13.7 Å². The van der Waals surface area contributed by atoms with E-state index in [2.05, 4.69) is 28.8 Å². The Balaban J connectivity index is 1.83. The maximum absolute atomic E-state index is 5.34. The molecule has 5 nitrogen and oxygen atoms in total. The van der Waals surface area contributed by atoms with E-state index in [1.807, 2.05) is 18.2 Å². The molecule has 114 valence electrons. The van der Waals surface area contributed by atoms with Gasteiger partial charge in [-0.05, 0) is 39.3 Å². The number of rotatable bonds is 4. The van der Waals surface area contributed by atoms with E-state index < -0.39 is 0 Å². The second-order valence-corrected chi connectivity index (χ2v) is 6.05. The molecule has 0 saturated carbocycles. The summed E-state index contributed by atoms with van der Waals surface area (Å²) >= 11 is 0. The van der Waals surface area contributed by atoms with Crippen molar-refractivity contribution in [3.63, 3.8) is 0 Å². The first-order valence-electron chi connectivity index (χ1n) is 7.83. The predicted octanol–water partition coefficient (Wildman–Crippen LogP) is 2.54. The molecule has 0 spiro atoms. The number of aromatic nitrogens is 3. The molecule has 3 rings (SSSR count). The highest BCUT2D eigenvalue weighted by molar-refractivity contribution is 5.40. The van der Waals surface area contributed by atoms with Crippen molar-refractivity contribution in [2.24, 2.45) is 0 Å². The Hall–Kier alpha value is -1.62. The fraction of sp³-hybridized carbons (Fsp3) is 0.625. The zero-order valence-corrected chi connectivity index (χ0v) is 13.1. The van der Waals surface area contributed by atoms with Gasteiger partial charge in [-0.15, -0.1) is 5.10 Å². The molecule has 5 heteroatoms. The van der Waals surface area contributed by atoms with Crippen LogP contribution >= 0.6 is 0 Å². The normalized spacial score (nSPS) is 20.3. The van der Waals surface area contributed by atoms with Gasteiger partial charge < -0.3 is 4.74 Å². The van der Waals surface area contributed by atoms with Crippen LogP contribution in [0.5, 0.6) is 5.88 Å². The molecule has 0 aliphatic carbocycles. The van der Waals surface area contributed by atoms with E-state index in [-0.39, 0.29) is 0 Å². The first-order chi connectivity index (χ1) is 10.2. The van der Waals surface area contributed by atoms with Gasteiger partial charge in [-0.2, -0.15) is 4.52 Å². The van der Waals surface area contributed by atoms with E-state index in [4.69, 9.17) is 4.74 Å². The lowest BCUT2D eigenvalue weighted by molar-refractivity contribution is 0.110. The van der Waals surface area contributed by atoms with Gasteiger partial charge in [0.05, 0.1) is 7.11 Å². The minimum Gasteiger partial charge on any atom is -0.481 e. The van der Waals surface area contributed by atoms with Gasteiger partial charge in [-0.1, -0.05) is 12.5 Å². The monoisotopic (exact) mass is 288 g/mol. The zero-order chi connectivity index (χ0) is 14.8. The Morgan fingerprint density at radius 2 is 2.19 bits per heavy atom. The Morgan fingerprint density at radius 1 is 1.33 bits per heavy atom. The molecule has 1 aliphatic rings. The van der Waals surface area contributed by atoms with Crippen LogP contribution in [0, 0.1) is 0 Å². The van der Waals surface area contributed by atoms with E-state index in [1.165, 1.54) is 25.8 Å². The number of likely N-dealkylation sites (tertiary alicyclic amines) is 1. The van der Waals surface area contributed by atoms with Crippen LogP contribution in [0.2, 0.25) is 0 Å². The molecular formula is C16H24N4O. The van der Waals surface area contributed by atoms with Crippen LogP contribution in [0.15, 0.2) is 18.2 Å². The maximum Gasteiger partial charge on any atom is 0.216 e. The molecule has 0 N–H and O–H groups in total. The summed E-state index contributed by atoms with van der Waals surface area (Å²) in [6.07, 6.45) is 4.78. The summed E-state index contributed by atoms with van der Waals surface area (Å²) in [5.41, 5.74) is 0.858. The Kier molecular flexibility index (Phi) is 4.10. The van der Waals surface area contributed by atoms with Gasteiger partial charge in [0.25, 0.3) is 0 Å². The molecule has 1 saturated heterocycles. The van der Waals surface area contributed by atoms with Gasteiger partial charge in [0.15, 0.2) is 11.5 Å². The first-order valence-corrected chi connectivity index (χ1v) is 7.83. The standard InChI is InChI=1S/C16H24N4O/c1-12(2)19-10-5-4-7-13(19)11-14-17-15-8-6-9-16(21-3)20(15)18-14/h6,8-9,12-13H,4-5,7,10-11H2,1-3H3. The number of fused-ring (bicyclic) bond motifs is 1. The summed E-state index contributed by atoms with van der Waals surface area (Å²) in [5, 5.41) is 4.63. The molecular weight excluding hydrogens is 264 g/mol. The third-order valence-electron chi connectivity index (χ3n) is 4.33. The summed E-state index contributed by atoms with van der Waals surface area (Å²) in [7, 11) is 1.66. The molecule has 2 aromatic rings. The first kappa shape index (κ1) is 14.3. The smallest absolute Gasteiger partial charge is 0.216 e. The predicted molar refractivity (Wildman–Crippen MR) is 82.7 cm³/mol. The summed E-state index contributed by atoms with van der Waals surface area (Å²) in [6, 6.07) is 6.98. The largest absolute Gasteiger partial charge is 0.481 e. The van der Waals surface area contributed by atoms with E-state index in [0.29, 0.717) is 12.1 Å². The molecule has 0 aromatic carbocycles. The number of hydrogen-bond donors (Lipinski definition) is 0. The topological polar surface area (TPSA) is 42.7 Å². The van der Waals surface area contributed by atoms with Crippen molar-refractivity contribution in [3.8, 4) is 5.88 Å². The van der Waals surface area contributed by atoms with Gasteiger partial charge in [0, 0.05) is 24.6 Å². The van der Waals surface area contributed by atoms with Crippen molar-refractivity contribution in [3.05, 3.63) is 24.0 Å². The Labute approximate surface area is 125 Å². The van der Waals surface area contributed by atoms with Crippen molar-refractivity contribution < 1.29 is 4.74 Å². The number of pyridine rings is 1. The number of ether oxygens (including phenoxy) is 1. The third-order valence-corrected chi connectivity index (χ3v) is 4.33. The highest BCUT2D eigenvalue weighted by Gasteiger charge is 2.26. The van der Waals surface area contributed by atoms with E-state index >= 15 is 0 Å². The van der Waals surface area contributed by atoms with Crippen LogP contribution in [0.25, 0.3) is 5.65 Å². The fourth-order valence-electron chi connectivity index (χ4n) is 3.30. The average Bonchev–Trinajstić information content (AvgIpc) is 2.89. The molecule has 0 bridgehead atoms. The van der Waals surface area contributed by atoms with E-state index in [0.717, 1.165) is 23.8 Å².